The first-order valence-electron chi connectivity index (χ1n) is 9.16. The van der Waals surface area contributed by atoms with E-state index in [4.69, 9.17) is 4.74 Å². The minimum absolute atomic E-state index is 0.237. The maximum Gasteiger partial charge on any atom is 0.338 e. The van der Waals surface area contributed by atoms with Crippen LogP contribution in [-0.2, 0) is 16.0 Å². The lowest BCUT2D eigenvalue weighted by atomic mass is 9.97. The highest BCUT2D eigenvalue weighted by molar-refractivity contribution is 5.94. The summed E-state index contributed by atoms with van der Waals surface area (Å²) in [6.07, 6.45) is -3.09. The fourth-order valence-corrected chi connectivity index (χ4v) is 2.69. The van der Waals surface area contributed by atoms with Gasteiger partial charge in [0, 0.05) is 5.56 Å². The highest BCUT2D eigenvalue weighted by atomic mass is 16.6. The lowest BCUT2D eigenvalue weighted by molar-refractivity contribution is -0.172. The summed E-state index contributed by atoms with van der Waals surface area (Å²) in [7, 11) is 0. The van der Waals surface area contributed by atoms with E-state index < -0.39 is 35.7 Å². The van der Waals surface area contributed by atoms with E-state index in [0.29, 0.717) is 5.56 Å². The monoisotopic (exact) mass is 385 g/mol. The van der Waals surface area contributed by atoms with Crippen LogP contribution < -0.4 is 5.32 Å². The zero-order valence-electron chi connectivity index (χ0n) is 16.3. The largest absolute Gasteiger partial charge is 0.458 e. The summed E-state index contributed by atoms with van der Waals surface area (Å²) < 4.78 is 5.15. The van der Waals surface area contributed by atoms with Crippen molar-refractivity contribution in [2.75, 3.05) is 0 Å². The normalized spacial score (nSPS) is 14.6. The van der Waals surface area contributed by atoms with Gasteiger partial charge in [-0.25, -0.2) is 4.79 Å². The topological polar surface area (TPSA) is 95.9 Å². The first-order chi connectivity index (χ1) is 13.2. The molecule has 0 bridgehead atoms. The molecule has 2 aromatic rings. The van der Waals surface area contributed by atoms with Gasteiger partial charge in [-0.2, -0.15) is 0 Å². The van der Waals surface area contributed by atoms with Gasteiger partial charge in [0.1, 0.15) is 11.7 Å². The molecule has 1 amide bonds. The molecule has 0 saturated heterocycles. The van der Waals surface area contributed by atoms with E-state index in [0.717, 1.165) is 5.56 Å². The SMILES string of the molecule is CC(C)(C)OC(=O)[C@H](O)[C@@H](O)[C@H](Cc1ccccc1)NC(=O)c1ccccc1. The number of esters is 1. The molecule has 3 N–H and O–H groups in total. The van der Waals surface area contributed by atoms with E-state index in [1.807, 2.05) is 30.3 Å². The third kappa shape index (κ3) is 6.48. The molecule has 6 heteroatoms. The van der Waals surface area contributed by atoms with Gasteiger partial charge in [0.25, 0.3) is 5.91 Å². The van der Waals surface area contributed by atoms with Gasteiger partial charge in [-0.15, -0.1) is 0 Å². The molecule has 2 aromatic carbocycles. The minimum Gasteiger partial charge on any atom is -0.458 e. The van der Waals surface area contributed by atoms with E-state index in [9.17, 15) is 19.8 Å². The molecule has 0 spiro atoms. The van der Waals surface area contributed by atoms with Gasteiger partial charge in [0.2, 0.25) is 0 Å². The number of carbonyl (C=O) groups excluding carboxylic acids is 2. The number of nitrogens with one attached hydrogen (secondary N) is 1. The molecular weight excluding hydrogens is 358 g/mol. The van der Waals surface area contributed by atoms with Crippen molar-refractivity contribution >= 4 is 11.9 Å². The molecule has 0 fully saturated rings. The van der Waals surface area contributed by atoms with Crippen LogP contribution in [0.5, 0.6) is 0 Å². The van der Waals surface area contributed by atoms with Crippen molar-refractivity contribution < 1.29 is 24.5 Å². The second-order valence-corrected chi connectivity index (χ2v) is 7.60. The second kappa shape index (κ2) is 9.48. The molecule has 3 atom stereocenters. The summed E-state index contributed by atoms with van der Waals surface area (Å²) >= 11 is 0. The Balaban J connectivity index is 2.19. The number of rotatable bonds is 7. The van der Waals surface area contributed by atoms with Gasteiger partial charge < -0.3 is 20.3 Å². The number of aliphatic hydroxyl groups excluding tert-OH is 2. The number of carbonyl (C=O) groups is 2. The van der Waals surface area contributed by atoms with Gasteiger partial charge in [-0.05, 0) is 44.9 Å². The molecule has 0 aliphatic rings. The number of ether oxygens (including phenoxy) is 1. The van der Waals surface area contributed by atoms with Crippen LogP contribution in [0.15, 0.2) is 60.7 Å². The van der Waals surface area contributed by atoms with Gasteiger partial charge in [0.05, 0.1) is 6.04 Å². The Morgan fingerprint density at radius 3 is 2.04 bits per heavy atom. The van der Waals surface area contributed by atoms with Crippen molar-refractivity contribution in [2.24, 2.45) is 0 Å². The summed E-state index contributed by atoms with van der Waals surface area (Å²) in [5, 5.41) is 23.7. The van der Waals surface area contributed by atoms with Crippen molar-refractivity contribution in [2.45, 2.75) is 51.0 Å². The van der Waals surface area contributed by atoms with Gasteiger partial charge in [-0.1, -0.05) is 48.5 Å². The molecule has 0 aliphatic carbocycles. The second-order valence-electron chi connectivity index (χ2n) is 7.60. The molecule has 2 rings (SSSR count). The average Bonchev–Trinajstić information content (AvgIpc) is 2.66. The quantitative estimate of drug-likeness (QED) is 0.635. The van der Waals surface area contributed by atoms with Crippen LogP contribution in [0.25, 0.3) is 0 Å². The summed E-state index contributed by atoms with van der Waals surface area (Å²) in [4.78, 5) is 24.7. The van der Waals surface area contributed by atoms with Crippen LogP contribution in [0, 0.1) is 0 Å². The van der Waals surface area contributed by atoms with Crippen molar-refractivity contribution in [1.29, 1.82) is 0 Å². The van der Waals surface area contributed by atoms with E-state index in [-0.39, 0.29) is 6.42 Å². The summed E-state index contributed by atoms with van der Waals surface area (Å²) in [5.74, 6) is -1.34. The number of benzene rings is 2. The van der Waals surface area contributed by atoms with Crippen molar-refractivity contribution in [3.63, 3.8) is 0 Å². The zero-order valence-corrected chi connectivity index (χ0v) is 16.3. The first kappa shape index (κ1) is 21.6. The van der Waals surface area contributed by atoms with Crippen LogP contribution in [-0.4, -0.2) is 45.9 Å². The standard InChI is InChI=1S/C22H27NO5/c1-22(2,3)28-21(27)19(25)18(24)17(14-15-10-6-4-7-11-15)23-20(26)16-12-8-5-9-13-16/h4-13,17-19,24-25H,14H2,1-3H3,(H,23,26)/t17-,18-,19+/m0/s1. The number of aliphatic hydroxyl groups is 2. The zero-order chi connectivity index (χ0) is 20.7. The predicted molar refractivity (Wildman–Crippen MR) is 106 cm³/mol. The van der Waals surface area contributed by atoms with Crippen LogP contribution in [0.2, 0.25) is 0 Å². The third-order valence-electron chi connectivity index (χ3n) is 4.03. The fraction of sp³-hybridized carbons (Fsp3) is 0.364. The Kier molecular flexibility index (Phi) is 7.31. The van der Waals surface area contributed by atoms with E-state index in [2.05, 4.69) is 5.32 Å². The highest BCUT2D eigenvalue weighted by Crippen LogP contribution is 2.14. The van der Waals surface area contributed by atoms with Crippen molar-refractivity contribution in [1.82, 2.24) is 5.32 Å². The summed E-state index contributed by atoms with van der Waals surface area (Å²) in [6.45, 7) is 5.01. The van der Waals surface area contributed by atoms with Crippen LogP contribution >= 0.6 is 0 Å². The fourth-order valence-electron chi connectivity index (χ4n) is 2.69. The summed E-state index contributed by atoms with van der Waals surface area (Å²) in [5.41, 5.74) is 0.454. The minimum atomic E-state index is -1.79. The predicted octanol–water partition coefficient (Wildman–Crippen LogP) is 2.09. The molecule has 150 valence electrons. The Labute approximate surface area is 165 Å². The van der Waals surface area contributed by atoms with Crippen LogP contribution in [0.4, 0.5) is 0 Å². The molecule has 0 aliphatic heterocycles. The Bertz CT molecular complexity index is 771. The molecule has 0 unspecified atom stereocenters. The molecule has 0 radical (unpaired) electrons. The van der Waals surface area contributed by atoms with Crippen molar-refractivity contribution in [3.05, 3.63) is 71.8 Å². The van der Waals surface area contributed by atoms with E-state index in [1.54, 1.807) is 51.1 Å². The average molecular weight is 385 g/mol. The van der Waals surface area contributed by atoms with Gasteiger partial charge >= 0.3 is 5.97 Å². The first-order valence-corrected chi connectivity index (χ1v) is 9.16. The number of amides is 1. The lowest BCUT2D eigenvalue weighted by Gasteiger charge is -2.29. The Hall–Kier alpha value is -2.70. The Morgan fingerprint density at radius 2 is 1.50 bits per heavy atom. The van der Waals surface area contributed by atoms with E-state index in [1.165, 1.54) is 0 Å². The van der Waals surface area contributed by atoms with E-state index >= 15 is 0 Å². The van der Waals surface area contributed by atoms with Crippen LogP contribution in [0.3, 0.4) is 0 Å². The van der Waals surface area contributed by atoms with Gasteiger partial charge in [-0.3, -0.25) is 4.79 Å². The maximum absolute atomic E-state index is 12.6. The smallest absolute Gasteiger partial charge is 0.338 e. The molecule has 0 saturated carbocycles. The summed E-state index contributed by atoms with van der Waals surface area (Å²) in [6, 6.07) is 16.9. The molecule has 28 heavy (non-hydrogen) atoms. The van der Waals surface area contributed by atoms with Gasteiger partial charge in [0.15, 0.2) is 6.10 Å². The third-order valence-corrected chi connectivity index (χ3v) is 4.03. The molecule has 0 heterocycles. The molecule has 0 aromatic heterocycles. The number of hydrogen-bond acceptors (Lipinski definition) is 5. The molecule has 6 nitrogen and oxygen atoms in total. The lowest BCUT2D eigenvalue weighted by Crippen LogP contribution is -2.53. The maximum atomic E-state index is 12.6. The Morgan fingerprint density at radius 1 is 0.964 bits per heavy atom. The number of hydrogen-bond donors (Lipinski definition) is 3. The highest BCUT2D eigenvalue weighted by Gasteiger charge is 2.35. The molecular formula is C22H27NO5. The van der Waals surface area contributed by atoms with Crippen LogP contribution in [0.1, 0.15) is 36.7 Å². The van der Waals surface area contributed by atoms with Crippen molar-refractivity contribution in [3.8, 4) is 0 Å².